The van der Waals surface area contributed by atoms with E-state index < -0.39 is 12.1 Å². The minimum atomic E-state index is -0.661. The number of carbonyl (C=O) groups excluding carboxylic acids is 1. The van der Waals surface area contributed by atoms with Gasteiger partial charge in [0.1, 0.15) is 0 Å². The number of amides is 1. The SMILES string of the molecule is CC/C=C\C/C=C\C/C=C\C/C=C\C/C=C\C/C=C\CCCCCCCCCCCCCCCCCCCCCCC(=O)NC(CO)C(O)CCCCCCCCCCCCCCCCCCCCCCCCCC. The number of aliphatic hydroxyl groups excluding tert-OH is 2. The average Bonchev–Trinajstić information content (AvgIpc) is 3.41. The van der Waals surface area contributed by atoms with Gasteiger partial charge in [0, 0.05) is 6.42 Å². The smallest absolute Gasteiger partial charge is 0.220 e. The maximum Gasteiger partial charge on any atom is 0.220 e. The molecule has 0 aromatic heterocycles. The number of hydrogen-bond acceptors (Lipinski definition) is 3. The molecule has 0 aromatic carbocycles. The van der Waals surface area contributed by atoms with Crippen LogP contribution in [-0.2, 0) is 4.79 Å². The van der Waals surface area contributed by atoms with Crippen molar-refractivity contribution < 1.29 is 15.0 Å². The summed E-state index contributed by atoms with van der Waals surface area (Å²) in [5, 5.41) is 23.4. The fraction of sp³-hybridized carbons (Fsp3) is 0.817. The van der Waals surface area contributed by atoms with Gasteiger partial charge in [-0.05, 0) is 64.2 Å². The summed E-state index contributed by atoms with van der Waals surface area (Å²) < 4.78 is 0. The van der Waals surface area contributed by atoms with Crippen LogP contribution in [-0.4, -0.2) is 34.9 Å². The van der Waals surface area contributed by atoms with Crippen LogP contribution < -0.4 is 5.32 Å². The third-order valence-corrected chi connectivity index (χ3v) is 15.5. The molecule has 0 spiro atoms. The molecule has 3 N–H and O–H groups in total. The van der Waals surface area contributed by atoms with Crippen LogP contribution in [0, 0.1) is 0 Å². The van der Waals surface area contributed by atoms with Crippen molar-refractivity contribution in [1.29, 1.82) is 0 Å². The number of nitrogens with one attached hydrogen (secondary N) is 1. The van der Waals surface area contributed by atoms with Gasteiger partial charge in [-0.3, -0.25) is 4.79 Å². The van der Waals surface area contributed by atoms with E-state index in [1.54, 1.807) is 0 Å². The summed E-state index contributed by atoms with van der Waals surface area (Å²) in [6, 6.07) is -0.538. The highest BCUT2D eigenvalue weighted by Gasteiger charge is 2.20. The number of aliphatic hydroxyl groups is 2. The molecule has 0 aliphatic carbocycles. The Labute approximate surface area is 469 Å². The summed E-state index contributed by atoms with van der Waals surface area (Å²) >= 11 is 0. The summed E-state index contributed by atoms with van der Waals surface area (Å²) in [7, 11) is 0. The number of allylic oxidation sites excluding steroid dienone is 12. The molecule has 0 heterocycles. The van der Waals surface area contributed by atoms with Gasteiger partial charge < -0.3 is 15.5 Å². The van der Waals surface area contributed by atoms with Gasteiger partial charge >= 0.3 is 0 Å². The summed E-state index contributed by atoms with van der Waals surface area (Å²) in [4.78, 5) is 12.6. The van der Waals surface area contributed by atoms with Gasteiger partial charge in [-0.2, -0.15) is 0 Å². The van der Waals surface area contributed by atoms with Gasteiger partial charge in [0.05, 0.1) is 18.8 Å². The molecule has 0 aliphatic rings. The molecule has 0 saturated carbocycles. The lowest BCUT2D eigenvalue weighted by molar-refractivity contribution is -0.123. The summed E-state index contributed by atoms with van der Waals surface area (Å²) in [5.74, 6) is -0.0256. The van der Waals surface area contributed by atoms with E-state index in [1.165, 1.54) is 263 Å². The second kappa shape index (κ2) is 66.1. The summed E-state index contributed by atoms with van der Waals surface area (Å²) in [6.07, 6.45) is 95.1. The van der Waals surface area contributed by atoms with Gasteiger partial charge in [0.25, 0.3) is 0 Å². The van der Waals surface area contributed by atoms with Crippen LogP contribution in [0.3, 0.4) is 0 Å². The van der Waals surface area contributed by atoms with Crippen LogP contribution in [0.4, 0.5) is 0 Å². The second-order valence-corrected chi connectivity index (χ2v) is 22.9. The van der Waals surface area contributed by atoms with Crippen molar-refractivity contribution in [3.63, 3.8) is 0 Å². The van der Waals surface area contributed by atoms with Crippen molar-refractivity contribution in [2.24, 2.45) is 0 Å². The predicted molar refractivity (Wildman–Crippen MR) is 336 cm³/mol. The first-order chi connectivity index (χ1) is 37.2. The minimum absolute atomic E-state index is 0.0256. The number of unbranched alkanes of at least 4 members (excludes halogenated alkanes) is 43. The zero-order chi connectivity index (χ0) is 54.1. The van der Waals surface area contributed by atoms with E-state index >= 15 is 0 Å². The van der Waals surface area contributed by atoms with Gasteiger partial charge in [-0.25, -0.2) is 0 Å². The summed E-state index contributed by atoms with van der Waals surface area (Å²) in [6.45, 7) is 4.28. The molecule has 1 amide bonds. The zero-order valence-electron chi connectivity index (χ0n) is 50.6. The first-order valence-electron chi connectivity index (χ1n) is 33.6. The fourth-order valence-corrected chi connectivity index (χ4v) is 10.4. The molecule has 0 aliphatic heterocycles. The number of rotatable bonds is 62. The maximum atomic E-state index is 12.6. The van der Waals surface area contributed by atoms with Gasteiger partial charge in [0.15, 0.2) is 0 Å². The van der Waals surface area contributed by atoms with Crippen molar-refractivity contribution in [1.82, 2.24) is 5.32 Å². The number of carbonyl (C=O) groups is 1. The molecule has 438 valence electrons. The predicted octanol–water partition coefficient (Wildman–Crippen LogP) is 22.9. The lowest BCUT2D eigenvalue weighted by Gasteiger charge is -2.22. The van der Waals surface area contributed by atoms with E-state index in [1.807, 2.05) is 0 Å². The molecular formula is C71H131NO3. The molecule has 0 saturated heterocycles. The van der Waals surface area contributed by atoms with Crippen LogP contribution in [0.15, 0.2) is 72.9 Å². The zero-order valence-corrected chi connectivity index (χ0v) is 50.6. The molecule has 0 radical (unpaired) electrons. The van der Waals surface area contributed by atoms with Crippen molar-refractivity contribution in [3.05, 3.63) is 72.9 Å². The Kier molecular flexibility index (Phi) is 64.2. The van der Waals surface area contributed by atoms with Crippen molar-refractivity contribution in [3.8, 4) is 0 Å². The quantitative estimate of drug-likeness (QED) is 0.0420. The van der Waals surface area contributed by atoms with E-state index in [4.69, 9.17) is 0 Å². The molecule has 4 heteroatoms. The molecular weight excluding hydrogens is 915 g/mol. The summed E-state index contributed by atoms with van der Waals surface area (Å²) in [5.41, 5.74) is 0. The Balaban J connectivity index is 3.42. The Morgan fingerprint density at radius 2 is 0.587 bits per heavy atom. The first-order valence-corrected chi connectivity index (χ1v) is 33.6. The second-order valence-electron chi connectivity index (χ2n) is 22.9. The van der Waals surface area contributed by atoms with E-state index in [2.05, 4.69) is 92.1 Å². The average molecular weight is 1050 g/mol. The Bertz CT molecular complexity index is 1280. The standard InChI is InChI=1S/C71H131NO3/c1-3-5-7-9-11-13-15-17-19-21-23-25-27-29-30-31-32-33-34-35-36-37-38-39-40-41-42-43-45-47-49-51-53-55-57-59-61-63-65-67-71(75)72-69(68-73)70(74)66-64-62-60-58-56-54-52-50-48-46-44-28-26-24-22-20-18-16-14-12-10-8-6-4-2/h5,7,11,13,17,19,23,25,29-30,32-33,69-70,73-74H,3-4,6,8-10,12,14-16,18,20-22,24,26-28,31,34-68H2,1-2H3,(H,72,75)/b7-5-,13-11-,19-17-,25-23-,30-29-,33-32-. The highest BCUT2D eigenvalue weighted by atomic mass is 16.3. The third-order valence-electron chi connectivity index (χ3n) is 15.5. The van der Waals surface area contributed by atoms with Gasteiger partial charge in [-0.15, -0.1) is 0 Å². The van der Waals surface area contributed by atoms with E-state index in [9.17, 15) is 15.0 Å². The van der Waals surface area contributed by atoms with E-state index in [0.717, 1.165) is 64.2 Å². The monoisotopic (exact) mass is 1050 g/mol. The van der Waals surface area contributed by atoms with Crippen molar-refractivity contribution >= 4 is 5.91 Å². The highest BCUT2D eigenvalue weighted by molar-refractivity contribution is 5.76. The Morgan fingerprint density at radius 3 is 0.880 bits per heavy atom. The van der Waals surface area contributed by atoms with Crippen LogP contribution in [0.1, 0.15) is 354 Å². The molecule has 2 atom stereocenters. The third kappa shape index (κ3) is 62.6. The Morgan fingerprint density at radius 1 is 0.333 bits per heavy atom. The lowest BCUT2D eigenvalue weighted by Crippen LogP contribution is -2.45. The molecule has 0 fully saturated rings. The number of hydrogen-bond donors (Lipinski definition) is 3. The normalized spacial score (nSPS) is 13.2. The van der Waals surface area contributed by atoms with E-state index in [-0.39, 0.29) is 12.5 Å². The van der Waals surface area contributed by atoms with Gasteiger partial charge in [-0.1, -0.05) is 356 Å². The maximum absolute atomic E-state index is 12.6. The lowest BCUT2D eigenvalue weighted by atomic mass is 10.0. The largest absolute Gasteiger partial charge is 0.394 e. The molecule has 0 aromatic rings. The van der Waals surface area contributed by atoms with Crippen LogP contribution in [0.5, 0.6) is 0 Å². The van der Waals surface area contributed by atoms with Crippen LogP contribution >= 0.6 is 0 Å². The van der Waals surface area contributed by atoms with Crippen LogP contribution in [0.25, 0.3) is 0 Å². The topological polar surface area (TPSA) is 69.6 Å². The Hall–Kier alpha value is -2.17. The van der Waals surface area contributed by atoms with Crippen LogP contribution in [0.2, 0.25) is 0 Å². The fourth-order valence-electron chi connectivity index (χ4n) is 10.4. The first kappa shape index (κ1) is 72.8. The molecule has 4 nitrogen and oxygen atoms in total. The van der Waals surface area contributed by atoms with Crippen molar-refractivity contribution in [2.75, 3.05) is 6.61 Å². The molecule has 2 unspecified atom stereocenters. The van der Waals surface area contributed by atoms with E-state index in [0.29, 0.717) is 12.8 Å². The highest BCUT2D eigenvalue weighted by Crippen LogP contribution is 2.19. The minimum Gasteiger partial charge on any atom is -0.394 e. The molecule has 75 heavy (non-hydrogen) atoms. The van der Waals surface area contributed by atoms with Gasteiger partial charge in [0.2, 0.25) is 5.91 Å². The molecule has 0 bridgehead atoms. The van der Waals surface area contributed by atoms with Crippen molar-refractivity contribution in [2.45, 2.75) is 366 Å². The molecule has 0 rings (SSSR count).